The number of aromatic nitrogens is 1. The smallest absolute Gasteiger partial charge is 0.0541 e. The largest absolute Gasteiger partial charge is 0.310 e. The van der Waals surface area contributed by atoms with E-state index in [0.717, 1.165) is 30.3 Å². The standard InChI is InChI=1S/C14H18N2S2/c1-12-4-5-13(16-9-12)10-15-6-8-17-11-14-3-2-7-18-14/h2-5,7,9,15H,6,8,10-11H2,1H3. The second-order valence-corrected chi connectivity index (χ2v) is 6.27. The fraction of sp³-hybridized carbons (Fsp3) is 0.357. The molecule has 0 bridgehead atoms. The number of pyridine rings is 1. The topological polar surface area (TPSA) is 24.9 Å². The van der Waals surface area contributed by atoms with Crippen molar-refractivity contribution in [3.63, 3.8) is 0 Å². The molecule has 0 aliphatic rings. The summed E-state index contributed by atoms with van der Waals surface area (Å²) in [6.45, 7) is 3.96. The lowest BCUT2D eigenvalue weighted by Gasteiger charge is -2.04. The highest BCUT2D eigenvalue weighted by Crippen LogP contribution is 2.16. The Hall–Kier alpha value is -0.840. The Balaban J connectivity index is 1.55. The maximum atomic E-state index is 4.37. The fourth-order valence-electron chi connectivity index (χ4n) is 1.53. The van der Waals surface area contributed by atoms with Gasteiger partial charge in [-0.25, -0.2) is 0 Å². The highest BCUT2D eigenvalue weighted by Gasteiger charge is 1.96. The summed E-state index contributed by atoms with van der Waals surface area (Å²) in [5.74, 6) is 2.27. The number of thioether (sulfide) groups is 1. The van der Waals surface area contributed by atoms with Gasteiger partial charge >= 0.3 is 0 Å². The Labute approximate surface area is 117 Å². The van der Waals surface area contributed by atoms with Crippen molar-refractivity contribution in [2.24, 2.45) is 0 Å². The molecule has 0 aliphatic heterocycles. The number of thiophene rings is 1. The van der Waals surface area contributed by atoms with Crippen LogP contribution in [0.4, 0.5) is 0 Å². The van der Waals surface area contributed by atoms with E-state index in [1.54, 1.807) is 0 Å². The first-order valence-corrected chi connectivity index (χ1v) is 8.10. The van der Waals surface area contributed by atoms with Gasteiger partial charge in [0.25, 0.3) is 0 Å². The number of rotatable bonds is 7. The lowest BCUT2D eigenvalue weighted by molar-refractivity contribution is 0.715. The van der Waals surface area contributed by atoms with E-state index < -0.39 is 0 Å². The molecule has 2 aromatic rings. The first-order chi connectivity index (χ1) is 8.84. The van der Waals surface area contributed by atoms with Gasteiger partial charge in [-0.3, -0.25) is 4.98 Å². The molecule has 0 saturated carbocycles. The van der Waals surface area contributed by atoms with E-state index in [1.807, 2.05) is 29.3 Å². The highest BCUT2D eigenvalue weighted by atomic mass is 32.2. The van der Waals surface area contributed by atoms with E-state index in [4.69, 9.17) is 0 Å². The third-order valence-electron chi connectivity index (χ3n) is 2.53. The molecule has 96 valence electrons. The van der Waals surface area contributed by atoms with E-state index in [9.17, 15) is 0 Å². The SMILES string of the molecule is Cc1ccc(CNCCSCc2cccs2)nc1. The van der Waals surface area contributed by atoms with Crippen molar-refractivity contribution in [2.75, 3.05) is 12.3 Å². The summed E-state index contributed by atoms with van der Waals surface area (Å²) in [5.41, 5.74) is 2.33. The van der Waals surface area contributed by atoms with Crippen LogP contribution in [-0.4, -0.2) is 17.3 Å². The van der Waals surface area contributed by atoms with Gasteiger partial charge in [-0.1, -0.05) is 12.1 Å². The minimum atomic E-state index is 0.861. The van der Waals surface area contributed by atoms with Crippen molar-refractivity contribution < 1.29 is 0 Å². The normalized spacial score (nSPS) is 10.7. The molecule has 0 amide bonds. The van der Waals surface area contributed by atoms with Crippen LogP contribution < -0.4 is 5.32 Å². The van der Waals surface area contributed by atoms with Gasteiger partial charge in [0, 0.05) is 35.7 Å². The minimum absolute atomic E-state index is 0.861. The zero-order valence-corrected chi connectivity index (χ0v) is 12.2. The number of hydrogen-bond donors (Lipinski definition) is 1. The van der Waals surface area contributed by atoms with Crippen molar-refractivity contribution in [3.8, 4) is 0 Å². The molecule has 0 radical (unpaired) electrons. The lowest BCUT2D eigenvalue weighted by atomic mass is 10.3. The summed E-state index contributed by atoms with van der Waals surface area (Å²) in [6.07, 6.45) is 1.92. The molecule has 2 nitrogen and oxygen atoms in total. The number of nitrogens with zero attached hydrogens (tertiary/aromatic N) is 1. The molecule has 0 spiro atoms. The van der Waals surface area contributed by atoms with Crippen molar-refractivity contribution in [1.82, 2.24) is 10.3 Å². The molecule has 0 fully saturated rings. The average molecular weight is 278 g/mol. The van der Waals surface area contributed by atoms with E-state index in [1.165, 1.54) is 10.4 Å². The Bertz CT molecular complexity index is 437. The van der Waals surface area contributed by atoms with Gasteiger partial charge in [0.2, 0.25) is 0 Å². The van der Waals surface area contributed by atoms with Crippen LogP contribution in [0.15, 0.2) is 35.8 Å². The zero-order chi connectivity index (χ0) is 12.6. The summed E-state index contributed by atoms with van der Waals surface area (Å²) in [4.78, 5) is 5.83. The van der Waals surface area contributed by atoms with Gasteiger partial charge in [0.15, 0.2) is 0 Å². The van der Waals surface area contributed by atoms with Crippen LogP contribution >= 0.6 is 23.1 Å². The van der Waals surface area contributed by atoms with Gasteiger partial charge in [-0.2, -0.15) is 11.8 Å². The molecular formula is C14H18N2S2. The predicted molar refractivity (Wildman–Crippen MR) is 81.2 cm³/mol. The first-order valence-electron chi connectivity index (χ1n) is 6.07. The second-order valence-electron chi connectivity index (χ2n) is 4.14. The van der Waals surface area contributed by atoms with E-state index >= 15 is 0 Å². The van der Waals surface area contributed by atoms with Crippen LogP contribution in [-0.2, 0) is 12.3 Å². The third kappa shape index (κ3) is 4.80. The van der Waals surface area contributed by atoms with Crippen molar-refractivity contribution in [2.45, 2.75) is 19.2 Å². The van der Waals surface area contributed by atoms with Crippen LogP contribution in [0.1, 0.15) is 16.1 Å². The highest BCUT2D eigenvalue weighted by molar-refractivity contribution is 7.98. The quantitative estimate of drug-likeness (QED) is 0.785. The molecule has 2 rings (SSSR count). The Kier molecular flexibility index (Phi) is 5.71. The lowest BCUT2D eigenvalue weighted by Crippen LogP contribution is -2.17. The van der Waals surface area contributed by atoms with Crippen LogP contribution in [0.25, 0.3) is 0 Å². The third-order valence-corrected chi connectivity index (χ3v) is 4.59. The Morgan fingerprint density at radius 2 is 2.28 bits per heavy atom. The molecule has 2 aromatic heterocycles. The molecule has 0 atom stereocenters. The fourth-order valence-corrected chi connectivity index (χ4v) is 3.27. The van der Waals surface area contributed by atoms with Crippen molar-refractivity contribution >= 4 is 23.1 Å². The predicted octanol–water partition coefficient (Wildman–Crippen LogP) is 3.47. The van der Waals surface area contributed by atoms with Crippen LogP contribution in [0.2, 0.25) is 0 Å². The Morgan fingerprint density at radius 3 is 3.00 bits per heavy atom. The molecule has 0 aliphatic carbocycles. The van der Waals surface area contributed by atoms with Gasteiger partial charge in [-0.05, 0) is 30.0 Å². The summed E-state index contributed by atoms with van der Waals surface area (Å²) in [7, 11) is 0. The summed E-state index contributed by atoms with van der Waals surface area (Å²) in [6, 6.07) is 8.50. The molecule has 18 heavy (non-hydrogen) atoms. The maximum Gasteiger partial charge on any atom is 0.0541 e. The van der Waals surface area contributed by atoms with Crippen LogP contribution in [0.3, 0.4) is 0 Å². The molecule has 0 saturated heterocycles. The van der Waals surface area contributed by atoms with Crippen molar-refractivity contribution in [3.05, 3.63) is 52.0 Å². The molecule has 4 heteroatoms. The first kappa shape index (κ1) is 13.6. The summed E-state index contributed by atoms with van der Waals surface area (Å²) >= 11 is 3.81. The average Bonchev–Trinajstić information content (AvgIpc) is 2.89. The minimum Gasteiger partial charge on any atom is -0.310 e. The molecule has 0 unspecified atom stereocenters. The van der Waals surface area contributed by atoms with Crippen molar-refractivity contribution in [1.29, 1.82) is 0 Å². The van der Waals surface area contributed by atoms with E-state index in [-0.39, 0.29) is 0 Å². The van der Waals surface area contributed by atoms with Crippen LogP contribution in [0.5, 0.6) is 0 Å². The molecular weight excluding hydrogens is 260 g/mol. The van der Waals surface area contributed by atoms with E-state index in [0.29, 0.717) is 0 Å². The zero-order valence-electron chi connectivity index (χ0n) is 10.6. The molecule has 0 aromatic carbocycles. The van der Waals surface area contributed by atoms with Gasteiger partial charge < -0.3 is 5.32 Å². The number of hydrogen-bond acceptors (Lipinski definition) is 4. The molecule has 1 N–H and O–H groups in total. The second kappa shape index (κ2) is 7.56. The van der Waals surface area contributed by atoms with Gasteiger partial charge in [0.1, 0.15) is 0 Å². The monoisotopic (exact) mass is 278 g/mol. The maximum absolute atomic E-state index is 4.37. The number of nitrogens with one attached hydrogen (secondary N) is 1. The van der Waals surface area contributed by atoms with E-state index in [2.05, 4.69) is 46.9 Å². The van der Waals surface area contributed by atoms with Gasteiger partial charge in [0.05, 0.1) is 5.69 Å². The van der Waals surface area contributed by atoms with Gasteiger partial charge in [-0.15, -0.1) is 11.3 Å². The van der Waals surface area contributed by atoms with Crippen LogP contribution in [0, 0.1) is 6.92 Å². The molecule has 2 heterocycles. The summed E-state index contributed by atoms with van der Waals surface area (Å²) < 4.78 is 0. The number of aryl methyl sites for hydroxylation is 1. The summed E-state index contributed by atoms with van der Waals surface area (Å²) in [5, 5.41) is 5.56. The Morgan fingerprint density at radius 1 is 1.33 bits per heavy atom.